The van der Waals surface area contributed by atoms with Crippen LogP contribution in [0.5, 0.6) is 0 Å². The Bertz CT molecular complexity index is 348. The number of carbonyl (C=O) groups is 1. The second-order valence-electron chi connectivity index (χ2n) is 7.63. The fourth-order valence-corrected chi connectivity index (χ4v) is 3.12. The Morgan fingerprint density at radius 2 is 1.95 bits per heavy atom. The Kier molecular flexibility index (Phi) is 6.50. The molecule has 1 N–H and O–H groups in total. The third-order valence-electron chi connectivity index (χ3n) is 4.44. The Morgan fingerprint density at radius 3 is 2.64 bits per heavy atom. The number of carbonyl (C=O) groups excluding carboxylic acids is 1. The molecule has 0 saturated carbocycles. The molecule has 22 heavy (non-hydrogen) atoms. The molecule has 1 unspecified atom stereocenters. The lowest BCUT2D eigenvalue weighted by atomic mass is 10.00. The van der Waals surface area contributed by atoms with E-state index in [-0.39, 0.29) is 6.09 Å². The molecule has 0 aromatic rings. The standard InChI is InChI=1S/C17H32N2O3/c1-17(2,3)22-16(20)19-9-5-15(13-19)4-8-18-12-14-6-10-21-11-7-14/h14-15,18H,4-13H2,1-3H3. The van der Waals surface area contributed by atoms with E-state index in [1.807, 2.05) is 25.7 Å². The van der Waals surface area contributed by atoms with E-state index in [2.05, 4.69) is 5.32 Å². The van der Waals surface area contributed by atoms with Crippen LogP contribution in [0.15, 0.2) is 0 Å². The maximum absolute atomic E-state index is 12.0. The quantitative estimate of drug-likeness (QED) is 0.793. The number of hydrogen-bond acceptors (Lipinski definition) is 4. The predicted molar refractivity (Wildman–Crippen MR) is 86.9 cm³/mol. The van der Waals surface area contributed by atoms with Crippen molar-refractivity contribution in [2.24, 2.45) is 11.8 Å². The first-order chi connectivity index (χ1) is 10.4. The van der Waals surface area contributed by atoms with Gasteiger partial charge < -0.3 is 19.7 Å². The largest absolute Gasteiger partial charge is 0.444 e. The highest BCUT2D eigenvalue weighted by atomic mass is 16.6. The average molecular weight is 312 g/mol. The minimum Gasteiger partial charge on any atom is -0.444 e. The van der Waals surface area contributed by atoms with Crippen LogP contribution in [0.3, 0.4) is 0 Å². The van der Waals surface area contributed by atoms with Gasteiger partial charge in [-0.1, -0.05) is 0 Å². The second-order valence-corrected chi connectivity index (χ2v) is 7.63. The SMILES string of the molecule is CC(C)(C)OC(=O)N1CCC(CCNCC2CCOCC2)C1. The van der Waals surface area contributed by atoms with Crippen LogP contribution in [-0.2, 0) is 9.47 Å². The molecule has 2 aliphatic rings. The van der Waals surface area contributed by atoms with Crippen LogP contribution in [0.1, 0.15) is 46.5 Å². The first-order valence-corrected chi connectivity index (χ1v) is 8.70. The fourth-order valence-electron chi connectivity index (χ4n) is 3.12. The van der Waals surface area contributed by atoms with Crippen LogP contribution in [0, 0.1) is 11.8 Å². The van der Waals surface area contributed by atoms with Crippen molar-refractivity contribution in [3.05, 3.63) is 0 Å². The fraction of sp³-hybridized carbons (Fsp3) is 0.941. The Hall–Kier alpha value is -0.810. The van der Waals surface area contributed by atoms with E-state index in [4.69, 9.17) is 9.47 Å². The van der Waals surface area contributed by atoms with Gasteiger partial charge in [-0.2, -0.15) is 0 Å². The predicted octanol–water partition coefficient (Wildman–Crippen LogP) is 2.65. The van der Waals surface area contributed by atoms with Crippen molar-refractivity contribution in [2.45, 2.75) is 52.1 Å². The molecule has 0 aromatic heterocycles. The summed E-state index contributed by atoms with van der Waals surface area (Å²) in [5, 5.41) is 3.57. The van der Waals surface area contributed by atoms with Gasteiger partial charge in [-0.3, -0.25) is 0 Å². The van der Waals surface area contributed by atoms with Gasteiger partial charge in [-0.05, 0) is 71.4 Å². The highest BCUT2D eigenvalue weighted by Crippen LogP contribution is 2.21. The lowest BCUT2D eigenvalue weighted by molar-refractivity contribution is 0.0287. The number of nitrogens with zero attached hydrogens (tertiary/aromatic N) is 1. The van der Waals surface area contributed by atoms with E-state index in [0.29, 0.717) is 5.92 Å². The highest BCUT2D eigenvalue weighted by Gasteiger charge is 2.29. The molecule has 5 nitrogen and oxygen atoms in total. The molecule has 0 bridgehead atoms. The molecule has 0 aliphatic carbocycles. The summed E-state index contributed by atoms with van der Waals surface area (Å²) in [7, 11) is 0. The maximum Gasteiger partial charge on any atom is 0.410 e. The molecule has 0 spiro atoms. The van der Waals surface area contributed by atoms with Gasteiger partial charge in [0.1, 0.15) is 5.60 Å². The zero-order chi connectivity index (χ0) is 16.0. The van der Waals surface area contributed by atoms with Crippen LogP contribution in [-0.4, -0.2) is 56.0 Å². The van der Waals surface area contributed by atoms with Gasteiger partial charge in [0.15, 0.2) is 0 Å². The van der Waals surface area contributed by atoms with Crippen LogP contribution in [0.25, 0.3) is 0 Å². The van der Waals surface area contributed by atoms with Crippen molar-refractivity contribution < 1.29 is 14.3 Å². The van der Waals surface area contributed by atoms with Gasteiger partial charge in [-0.15, -0.1) is 0 Å². The van der Waals surface area contributed by atoms with Crippen LogP contribution >= 0.6 is 0 Å². The molecule has 0 aromatic carbocycles. The van der Waals surface area contributed by atoms with Gasteiger partial charge >= 0.3 is 6.09 Å². The number of amides is 1. The van der Waals surface area contributed by atoms with Gasteiger partial charge in [-0.25, -0.2) is 4.79 Å². The summed E-state index contributed by atoms with van der Waals surface area (Å²) in [4.78, 5) is 13.9. The zero-order valence-electron chi connectivity index (χ0n) is 14.4. The van der Waals surface area contributed by atoms with Crippen molar-refractivity contribution in [2.75, 3.05) is 39.4 Å². The highest BCUT2D eigenvalue weighted by molar-refractivity contribution is 5.68. The molecule has 2 fully saturated rings. The normalized spacial score (nSPS) is 23.8. The molecule has 2 saturated heterocycles. The third kappa shape index (κ3) is 6.13. The van der Waals surface area contributed by atoms with Crippen LogP contribution in [0.2, 0.25) is 0 Å². The molecule has 2 rings (SSSR count). The summed E-state index contributed by atoms with van der Waals surface area (Å²) in [5.74, 6) is 1.38. The molecular weight excluding hydrogens is 280 g/mol. The molecule has 5 heteroatoms. The molecule has 1 amide bonds. The minimum atomic E-state index is -0.402. The van der Waals surface area contributed by atoms with Crippen molar-refractivity contribution in [1.29, 1.82) is 0 Å². The van der Waals surface area contributed by atoms with Gasteiger partial charge in [0.25, 0.3) is 0 Å². The Morgan fingerprint density at radius 1 is 1.23 bits per heavy atom. The van der Waals surface area contributed by atoms with E-state index in [1.54, 1.807) is 0 Å². The molecule has 2 aliphatic heterocycles. The molecular formula is C17H32N2O3. The van der Waals surface area contributed by atoms with E-state index >= 15 is 0 Å². The first-order valence-electron chi connectivity index (χ1n) is 8.70. The molecule has 2 heterocycles. The van der Waals surface area contributed by atoms with Gasteiger partial charge in [0.2, 0.25) is 0 Å². The van der Waals surface area contributed by atoms with Crippen molar-refractivity contribution in [3.63, 3.8) is 0 Å². The smallest absolute Gasteiger partial charge is 0.410 e. The number of likely N-dealkylation sites (tertiary alicyclic amines) is 1. The van der Waals surface area contributed by atoms with Crippen molar-refractivity contribution in [1.82, 2.24) is 10.2 Å². The summed E-state index contributed by atoms with van der Waals surface area (Å²) in [6, 6.07) is 0. The monoisotopic (exact) mass is 312 g/mol. The Labute approximate surface area is 134 Å². The topological polar surface area (TPSA) is 50.8 Å². The lowest BCUT2D eigenvalue weighted by Crippen LogP contribution is -2.35. The number of hydrogen-bond donors (Lipinski definition) is 1. The van der Waals surface area contributed by atoms with E-state index < -0.39 is 5.60 Å². The lowest BCUT2D eigenvalue weighted by Gasteiger charge is -2.24. The second kappa shape index (κ2) is 8.16. The van der Waals surface area contributed by atoms with E-state index in [9.17, 15) is 4.79 Å². The van der Waals surface area contributed by atoms with E-state index in [0.717, 1.165) is 58.2 Å². The van der Waals surface area contributed by atoms with Crippen LogP contribution in [0.4, 0.5) is 4.79 Å². The summed E-state index contributed by atoms with van der Waals surface area (Å²) in [5.41, 5.74) is -0.402. The third-order valence-corrected chi connectivity index (χ3v) is 4.44. The number of nitrogens with one attached hydrogen (secondary N) is 1. The average Bonchev–Trinajstić information content (AvgIpc) is 2.92. The number of rotatable bonds is 5. The minimum absolute atomic E-state index is 0.162. The van der Waals surface area contributed by atoms with Gasteiger partial charge in [0.05, 0.1) is 0 Å². The molecule has 128 valence electrons. The summed E-state index contributed by atoms with van der Waals surface area (Å²) >= 11 is 0. The van der Waals surface area contributed by atoms with Gasteiger partial charge in [0, 0.05) is 26.3 Å². The summed E-state index contributed by atoms with van der Waals surface area (Å²) in [6.07, 6.45) is 4.44. The summed E-state index contributed by atoms with van der Waals surface area (Å²) in [6.45, 7) is 11.4. The summed E-state index contributed by atoms with van der Waals surface area (Å²) < 4.78 is 10.8. The zero-order valence-corrected chi connectivity index (χ0v) is 14.4. The van der Waals surface area contributed by atoms with Crippen molar-refractivity contribution >= 4 is 6.09 Å². The van der Waals surface area contributed by atoms with Crippen LogP contribution < -0.4 is 5.32 Å². The maximum atomic E-state index is 12.0. The van der Waals surface area contributed by atoms with Crippen molar-refractivity contribution in [3.8, 4) is 0 Å². The molecule has 1 atom stereocenters. The molecule has 0 radical (unpaired) electrons. The Balaban J connectivity index is 1.57. The van der Waals surface area contributed by atoms with E-state index in [1.165, 1.54) is 12.8 Å². The first kappa shape index (κ1) is 17.5. The number of ether oxygens (including phenoxy) is 2.